The Balaban J connectivity index is 3.33. The van der Waals surface area contributed by atoms with Crippen molar-refractivity contribution in [2.45, 2.75) is 154 Å². The quantitative estimate of drug-likeness (QED) is 0.0679. The first-order valence-electron chi connectivity index (χ1n) is 17.8. The molecule has 0 heterocycles. The van der Waals surface area contributed by atoms with Gasteiger partial charge in [0.1, 0.15) is 0 Å². The van der Waals surface area contributed by atoms with Crippen LogP contribution in [0.15, 0.2) is 0 Å². The van der Waals surface area contributed by atoms with Crippen LogP contribution in [0.1, 0.15) is 0 Å². The molecule has 58 heteroatoms. The summed E-state index contributed by atoms with van der Waals surface area (Å²) in [5.41, 5.74) is -46.3. The van der Waals surface area contributed by atoms with E-state index < -0.39 is 165 Å². The zero-order valence-corrected chi connectivity index (χ0v) is 35.2. The van der Waals surface area contributed by atoms with Crippen LogP contribution >= 0.6 is 0 Å². The Bertz CT molecular complexity index is 2300. The highest BCUT2D eigenvalue weighted by atomic mass is 19.5. The zero-order chi connectivity index (χ0) is 68.4. The van der Waals surface area contributed by atoms with Crippen LogP contribution in [0.5, 0.6) is 0 Å². The number of hydrogen-bond donors (Lipinski definition) is 0. The Labute approximate surface area is 415 Å². The number of alkyl halides is 44. The van der Waals surface area contributed by atoms with E-state index in [0.29, 0.717) is 28.8 Å². The fraction of sp³-hybridized carbons (Fsp3) is 1.00. The summed E-state index contributed by atoms with van der Waals surface area (Å²) in [4.78, 5) is 0.726. The van der Waals surface area contributed by atoms with Crippen LogP contribution in [0, 0.1) is 0 Å². The molecule has 84 heavy (non-hydrogen) atoms. The van der Waals surface area contributed by atoms with E-state index in [0.717, 1.165) is 0 Å². The van der Waals surface area contributed by atoms with Gasteiger partial charge >= 0.3 is 132 Å². The lowest BCUT2D eigenvalue weighted by atomic mass is 9.38. The topological polar surface area (TPSA) is 61.9 Å². The van der Waals surface area contributed by atoms with Gasteiger partial charge in [0, 0.05) is 0 Å². The molecule has 4 saturated carbocycles. The monoisotopic (exact) mass is 1390 g/mol. The Kier molecular flexibility index (Phi) is 15.9. The maximum absolute atomic E-state index is 17.0. The Morgan fingerprint density at radius 3 is 0.488 bits per heavy atom. The van der Waals surface area contributed by atoms with Crippen molar-refractivity contribution in [3.63, 3.8) is 0 Å². The van der Waals surface area contributed by atoms with Gasteiger partial charge in [0.05, 0.1) is 10.7 Å². The number of hydrogen-bond acceptors (Lipinski definition) is 8. The zero-order valence-electron chi connectivity index (χ0n) is 35.2. The van der Waals surface area contributed by atoms with Crippen molar-refractivity contribution in [1.29, 1.82) is 0 Å². The van der Waals surface area contributed by atoms with Crippen LogP contribution in [0.2, 0.25) is 0 Å². The molecule has 0 aromatic rings. The molecule has 0 aromatic heterocycles. The number of ether oxygens (including phenoxy) is 4. The maximum Gasteiger partial charge on any atom is 0.460 e. The average Bonchev–Trinajstić information content (AvgIpc) is 3.25. The standard InChI is InChI=1S/C26F50N2O6/c27-5(28)1(79-23(63,64)15(47,77(71)72)11(39,40)19(51,52)53)6(29,30)3(81-25(67,68)17(49,83-75)13(43,44)21(57,58)59)8(33,34)2(5,80-24(65,66)16(48,78(73)74)12(41,42)20(54,55)56)9(35,36)4(7(1,31)32,10(3,37)38)82-26(69,70)18(50,84-76)14(45,46)22(60,61)62. The fourth-order valence-corrected chi connectivity index (χ4v) is 7.73. The summed E-state index contributed by atoms with van der Waals surface area (Å²) in [6.45, 7) is 0. The summed E-state index contributed by atoms with van der Waals surface area (Å²) in [7, 11) is 0. The molecule has 500 valence electrons. The van der Waals surface area contributed by atoms with E-state index in [1.165, 1.54) is 0 Å². The second-order valence-corrected chi connectivity index (χ2v) is 16.0. The van der Waals surface area contributed by atoms with E-state index in [2.05, 4.69) is 0 Å². The Morgan fingerprint density at radius 1 is 0.226 bits per heavy atom. The van der Waals surface area contributed by atoms with E-state index in [4.69, 9.17) is 0 Å². The summed E-state index contributed by atoms with van der Waals surface area (Å²) in [5, 5.41) is -11.7. The molecule has 0 radical (unpaired) electrons. The van der Waals surface area contributed by atoms with Gasteiger partial charge in [0.25, 0.3) is 22.4 Å². The molecule has 4 fully saturated rings. The van der Waals surface area contributed by atoms with Crippen molar-refractivity contribution >= 4 is 0 Å². The molecule has 4 rings (SSSR count). The SMILES string of the molecule is FOC(F)(C(F)(F)OC12C(F)(F)C3(OC(F)(F)C(F)(OF)C(F)(F)C(F)(F)F)C(F)(F)C(OC(F)(F)C(F)(N(F)F)C(F)(F)C(F)(F)F)(C1(F)F)C(F)(F)C(OC(F)(F)C(F)(N(F)F)C(F)(F)C(F)(F)F)(C2(F)F)C3(F)F)C(F)(F)C(F)(F)F. The van der Waals surface area contributed by atoms with E-state index in [-0.39, 0.29) is 0 Å². The molecule has 0 spiro atoms. The summed E-state index contributed by atoms with van der Waals surface area (Å²) in [6, 6.07) is 0. The molecular formula is C26F50N2O6. The first-order valence-corrected chi connectivity index (χ1v) is 17.8. The van der Waals surface area contributed by atoms with E-state index in [1.54, 1.807) is 0 Å². The van der Waals surface area contributed by atoms with Gasteiger partial charge in [-0.3, -0.25) is 18.9 Å². The summed E-state index contributed by atoms with van der Waals surface area (Å²) >= 11 is 0. The third kappa shape index (κ3) is 7.21. The minimum absolute atomic E-state index is 0.363. The van der Waals surface area contributed by atoms with Gasteiger partial charge in [-0.2, -0.15) is 184 Å². The van der Waals surface area contributed by atoms with Crippen molar-refractivity contribution < 1.29 is 249 Å². The van der Waals surface area contributed by atoms with Crippen LogP contribution in [0.4, 0.5) is 220 Å². The van der Waals surface area contributed by atoms with E-state index >= 15 is 105 Å². The van der Waals surface area contributed by atoms with Gasteiger partial charge < -0.3 is 0 Å². The minimum Gasteiger partial charge on any atom is -0.290 e. The third-order valence-corrected chi connectivity index (χ3v) is 11.7. The predicted molar refractivity (Wildman–Crippen MR) is 137 cm³/mol. The molecule has 0 N–H and O–H groups in total. The van der Waals surface area contributed by atoms with Gasteiger partial charge in [-0.05, 0) is 9.05 Å². The second-order valence-electron chi connectivity index (χ2n) is 16.0. The van der Waals surface area contributed by atoms with Gasteiger partial charge in [-0.15, -0.1) is 9.88 Å². The molecule has 0 aromatic carbocycles. The van der Waals surface area contributed by atoms with Crippen molar-refractivity contribution in [1.82, 2.24) is 10.7 Å². The molecule has 0 aliphatic heterocycles. The molecular weight excluding hydrogens is 1390 g/mol. The van der Waals surface area contributed by atoms with Gasteiger partial charge in [0.15, 0.2) is 0 Å². The van der Waals surface area contributed by atoms with Gasteiger partial charge in [-0.25, -0.2) is 8.78 Å². The van der Waals surface area contributed by atoms with Crippen LogP contribution in [0.3, 0.4) is 0 Å². The molecule has 8 nitrogen and oxygen atoms in total. The van der Waals surface area contributed by atoms with Crippen molar-refractivity contribution in [3.8, 4) is 0 Å². The highest BCUT2D eigenvalue weighted by molar-refractivity contribution is 5.56. The molecule has 4 atom stereocenters. The largest absolute Gasteiger partial charge is 0.460 e. The lowest BCUT2D eigenvalue weighted by molar-refractivity contribution is -0.696. The smallest absolute Gasteiger partial charge is 0.290 e. The highest BCUT2D eigenvalue weighted by Crippen LogP contribution is 2.91. The predicted octanol–water partition coefficient (Wildman–Crippen LogP) is 14.6. The fourth-order valence-electron chi connectivity index (χ4n) is 7.73. The first-order chi connectivity index (χ1) is 35.8. The van der Waals surface area contributed by atoms with Crippen LogP contribution < -0.4 is 0 Å². The molecule has 0 saturated heterocycles. The number of nitrogens with zero attached hydrogens (tertiary/aromatic N) is 2. The summed E-state index contributed by atoms with van der Waals surface area (Å²) in [5.74, 6) is -149. The second kappa shape index (κ2) is 18.0. The molecule has 0 amide bonds. The lowest BCUT2D eigenvalue weighted by Crippen LogP contribution is -3.13. The van der Waals surface area contributed by atoms with Gasteiger partial charge in [0.2, 0.25) is 0 Å². The minimum atomic E-state index is -11.6. The lowest BCUT2D eigenvalue weighted by Gasteiger charge is -2.79. The normalized spacial score (nSPS) is 30.7. The van der Waals surface area contributed by atoms with Crippen LogP contribution in [0.25, 0.3) is 0 Å². The van der Waals surface area contributed by atoms with E-state index in [9.17, 15) is 115 Å². The average molecular weight is 1390 g/mol. The van der Waals surface area contributed by atoms with Crippen molar-refractivity contribution in [3.05, 3.63) is 0 Å². The molecule has 4 aliphatic rings. The Hall–Kier alpha value is -3.82. The molecule has 4 bridgehead atoms. The summed E-state index contributed by atoms with van der Waals surface area (Å²) in [6.07, 6.45) is -79.6. The van der Waals surface area contributed by atoms with Crippen LogP contribution in [-0.4, -0.2) is 165 Å². The van der Waals surface area contributed by atoms with Crippen molar-refractivity contribution in [2.75, 3.05) is 0 Å². The number of halogens is 50. The number of rotatable bonds is 20. The maximum atomic E-state index is 17.0. The highest BCUT2D eigenvalue weighted by Gasteiger charge is 3.25. The van der Waals surface area contributed by atoms with E-state index in [1.807, 2.05) is 0 Å². The van der Waals surface area contributed by atoms with Gasteiger partial charge in [-0.1, -0.05) is 17.9 Å². The third-order valence-electron chi connectivity index (χ3n) is 11.7. The first kappa shape index (κ1) is 74.4. The Morgan fingerprint density at radius 2 is 0.369 bits per heavy atom. The van der Waals surface area contributed by atoms with Crippen LogP contribution in [-0.2, 0) is 28.8 Å². The molecule has 4 aliphatic carbocycles. The summed E-state index contributed by atoms with van der Waals surface area (Å²) < 4.78 is 743. The molecule has 4 unspecified atom stereocenters. The van der Waals surface area contributed by atoms with Crippen molar-refractivity contribution in [2.24, 2.45) is 0 Å².